The van der Waals surface area contributed by atoms with Gasteiger partial charge in [0.15, 0.2) is 0 Å². The van der Waals surface area contributed by atoms with Crippen LogP contribution < -0.4 is 9.80 Å². The van der Waals surface area contributed by atoms with Crippen LogP contribution in [0, 0.1) is 17.8 Å². The molecule has 0 radical (unpaired) electrons. The Balaban J connectivity index is 1.03. The monoisotopic (exact) mass is 657 g/mol. The quantitative estimate of drug-likeness (QED) is 0.254. The molecule has 0 saturated carbocycles. The van der Waals surface area contributed by atoms with E-state index in [2.05, 4.69) is 166 Å². The lowest BCUT2D eigenvalue weighted by Crippen LogP contribution is -2.54. The summed E-state index contributed by atoms with van der Waals surface area (Å²) >= 11 is 0. The fourth-order valence-electron chi connectivity index (χ4n) is 10.3. The molecule has 0 aromatic heterocycles. The molecule has 50 heavy (non-hydrogen) atoms. The van der Waals surface area contributed by atoms with E-state index in [0.717, 1.165) is 25.7 Å². The van der Waals surface area contributed by atoms with Gasteiger partial charge in [-0.3, -0.25) is 4.99 Å². The van der Waals surface area contributed by atoms with Crippen LogP contribution in [0.3, 0.4) is 0 Å². The third kappa shape index (κ3) is 4.94. The van der Waals surface area contributed by atoms with E-state index in [0.29, 0.717) is 29.7 Å². The van der Waals surface area contributed by atoms with E-state index in [4.69, 9.17) is 4.99 Å². The Labute approximate surface area is 299 Å². The lowest BCUT2D eigenvalue weighted by atomic mass is 9.75. The maximum atomic E-state index is 5.30. The Hall–Kier alpha value is -4.37. The number of hydrogen-bond acceptors (Lipinski definition) is 3. The van der Waals surface area contributed by atoms with Crippen molar-refractivity contribution in [1.29, 1.82) is 0 Å². The lowest BCUT2D eigenvalue weighted by molar-refractivity contribution is 0.324. The molecule has 6 aliphatic rings. The minimum absolute atomic E-state index is 0.00966. The summed E-state index contributed by atoms with van der Waals surface area (Å²) in [6, 6.07) is 27.7. The van der Waals surface area contributed by atoms with Gasteiger partial charge in [-0.15, -0.1) is 0 Å². The number of rotatable bonds is 5. The molecule has 7 unspecified atom stereocenters. The van der Waals surface area contributed by atoms with E-state index < -0.39 is 0 Å². The average molecular weight is 658 g/mol. The predicted octanol–water partition coefficient (Wildman–Crippen LogP) is 11.5. The first-order valence-corrected chi connectivity index (χ1v) is 19.1. The normalized spacial score (nSPS) is 31.6. The summed E-state index contributed by atoms with van der Waals surface area (Å²) in [5.74, 6) is 1.87. The van der Waals surface area contributed by atoms with Gasteiger partial charge in [-0.1, -0.05) is 113 Å². The van der Waals surface area contributed by atoms with Crippen molar-refractivity contribution >= 4 is 28.8 Å². The van der Waals surface area contributed by atoms with Crippen LogP contribution in [-0.2, 0) is 5.41 Å². The second kappa shape index (κ2) is 11.9. The van der Waals surface area contributed by atoms with Crippen molar-refractivity contribution in [3.63, 3.8) is 0 Å². The summed E-state index contributed by atoms with van der Waals surface area (Å²) in [5, 5.41) is 0. The Morgan fingerprint density at radius 1 is 0.880 bits per heavy atom. The van der Waals surface area contributed by atoms with Gasteiger partial charge in [-0.2, -0.15) is 0 Å². The zero-order chi connectivity index (χ0) is 34.2. The second-order valence-electron chi connectivity index (χ2n) is 16.6. The van der Waals surface area contributed by atoms with Crippen molar-refractivity contribution in [1.82, 2.24) is 0 Å². The number of nitrogens with zero attached hydrogens (tertiary/aromatic N) is 3. The molecule has 2 heterocycles. The number of anilines is 3. The van der Waals surface area contributed by atoms with E-state index in [1.807, 2.05) is 0 Å². The van der Waals surface area contributed by atoms with E-state index in [-0.39, 0.29) is 17.1 Å². The third-order valence-corrected chi connectivity index (χ3v) is 12.9. The SMILES string of the molecule is CC1C=NC(N(c2ccc3c(c2)C(C)(C)C2=C3CCC=C2)C2(C)C=CC(C3C=CC4C(C3)c3ccccc3N4c3ccccc3)=CC2)C(C)C1. The van der Waals surface area contributed by atoms with Gasteiger partial charge in [0.25, 0.3) is 0 Å². The van der Waals surface area contributed by atoms with Crippen molar-refractivity contribution in [2.45, 2.75) is 95.8 Å². The second-order valence-corrected chi connectivity index (χ2v) is 16.6. The number of benzene rings is 3. The van der Waals surface area contributed by atoms with Crippen LogP contribution in [0.5, 0.6) is 0 Å². The van der Waals surface area contributed by atoms with Crippen LogP contribution in [-0.4, -0.2) is 24.0 Å². The van der Waals surface area contributed by atoms with Gasteiger partial charge < -0.3 is 9.80 Å². The molecular weight excluding hydrogens is 607 g/mol. The maximum Gasteiger partial charge on any atom is 0.123 e. The molecule has 3 nitrogen and oxygen atoms in total. The molecule has 0 spiro atoms. The van der Waals surface area contributed by atoms with E-state index in [1.54, 1.807) is 5.57 Å². The van der Waals surface area contributed by atoms with Crippen LogP contribution in [0.25, 0.3) is 5.57 Å². The molecule has 254 valence electrons. The molecule has 2 aliphatic heterocycles. The zero-order valence-electron chi connectivity index (χ0n) is 30.4. The number of aliphatic imine (C=N–C) groups is 1. The molecule has 0 fully saturated rings. The van der Waals surface area contributed by atoms with Crippen molar-refractivity contribution in [3.8, 4) is 0 Å². The minimum Gasteiger partial charge on any atom is -0.340 e. The standard InChI is InChI=1S/C47H51N3/c1-31-27-32(2)45(48-30-31)50(36-20-21-38-37-15-9-11-17-41(37)46(3,4)42(38)29-36)47(5)25-23-33(24-26-47)34-19-22-44-40(28-34)39-16-10-12-18-43(39)49(44)35-13-7-6-8-14-35/h6-8,10-14,16-25,29-32,34,40,44-45H,9,15,26-28H2,1-5H3. The van der Waals surface area contributed by atoms with Gasteiger partial charge in [-0.05, 0) is 115 Å². The van der Waals surface area contributed by atoms with Crippen molar-refractivity contribution in [2.24, 2.45) is 22.7 Å². The first kappa shape index (κ1) is 31.6. The smallest absolute Gasteiger partial charge is 0.123 e. The van der Waals surface area contributed by atoms with Crippen LogP contribution >= 0.6 is 0 Å². The summed E-state index contributed by atoms with van der Waals surface area (Å²) in [6.07, 6.45) is 25.2. The highest BCUT2D eigenvalue weighted by Crippen LogP contribution is 2.53. The van der Waals surface area contributed by atoms with E-state index in [9.17, 15) is 0 Å². The number of para-hydroxylation sites is 2. The first-order valence-electron chi connectivity index (χ1n) is 19.1. The lowest BCUT2D eigenvalue weighted by Gasteiger charge is -2.49. The van der Waals surface area contributed by atoms with Gasteiger partial charge in [-0.25, -0.2) is 0 Å². The molecule has 0 saturated heterocycles. The fraction of sp³-hybridized carbons (Fsp3) is 0.383. The number of fused-ring (bicyclic) bond motifs is 5. The van der Waals surface area contributed by atoms with Gasteiger partial charge in [0.05, 0.1) is 11.6 Å². The Kier molecular flexibility index (Phi) is 7.50. The van der Waals surface area contributed by atoms with Crippen molar-refractivity contribution in [3.05, 3.63) is 143 Å². The Morgan fingerprint density at radius 2 is 1.70 bits per heavy atom. The third-order valence-electron chi connectivity index (χ3n) is 12.9. The maximum absolute atomic E-state index is 5.30. The van der Waals surface area contributed by atoms with Crippen molar-refractivity contribution < 1.29 is 0 Å². The Bertz CT molecular complexity index is 2010. The number of hydrogen-bond donors (Lipinski definition) is 0. The van der Waals surface area contributed by atoms with Crippen LogP contribution in [0.2, 0.25) is 0 Å². The molecule has 4 aliphatic carbocycles. The van der Waals surface area contributed by atoms with Crippen molar-refractivity contribution in [2.75, 3.05) is 9.80 Å². The van der Waals surface area contributed by atoms with Gasteiger partial charge >= 0.3 is 0 Å². The predicted molar refractivity (Wildman–Crippen MR) is 212 cm³/mol. The zero-order valence-corrected chi connectivity index (χ0v) is 30.4. The summed E-state index contributed by atoms with van der Waals surface area (Å²) in [7, 11) is 0. The fourth-order valence-corrected chi connectivity index (χ4v) is 10.3. The molecule has 9 rings (SSSR count). The molecule has 3 heteroatoms. The minimum atomic E-state index is -0.185. The molecule has 0 N–H and O–H groups in total. The largest absolute Gasteiger partial charge is 0.340 e. The highest BCUT2D eigenvalue weighted by atomic mass is 15.3. The molecule has 0 amide bonds. The molecule has 3 aromatic carbocycles. The Morgan fingerprint density at radius 3 is 2.50 bits per heavy atom. The summed E-state index contributed by atoms with van der Waals surface area (Å²) in [5.41, 5.74) is 12.7. The molecule has 3 aromatic rings. The summed E-state index contributed by atoms with van der Waals surface area (Å²) < 4.78 is 0. The molecule has 7 atom stereocenters. The van der Waals surface area contributed by atoms with Crippen LogP contribution in [0.1, 0.15) is 89.3 Å². The summed E-state index contributed by atoms with van der Waals surface area (Å²) in [6.45, 7) is 12.0. The highest BCUT2D eigenvalue weighted by Gasteiger charge is 2.44. The van der Waals surface area contributed by atoms with Crippen LogP contribution in [0.4, 0.5) is 17.1 Å². The van der Waals surface area contributed by atoms with Gasteiger partial charge in [0.1, 0.15) is 6.17 Å². The van der Waals surface area contributed by atoms with Gasteiger partial charge in [0, 0.05) is 40.5 Å². The number of allylic oxidation sites excluding steroid dienone is 7. The molecular formula is C47H51N3. The average Bonchev–Trinajstić information content (AvgIpc) is 3.58. The van der Waals surface area contributed by atoms with Crippen LogP contribution in [0.15, 0.2) is 131 Å². The summed E-state index contributed by atoms with van der Waals surface area (Å²) in [4.78, 5) is 10.5. The first-order chi connectivity index (χ1) is 24.2. The van der Waals surface area contributed by atoms with E-state index >= 15 is 0 Å². The van der Waals surface area contributed by atoms with E-state index in [1.165, 1.54) is 51.3 Å². The topological polar surface area (TPSA) is 18.8 Å². The van der Waals surface area contributed by atoms with Gasteiger partial charge in [0.2, 0.25) is 0 Å². The molecule has 0 bridgehead atoms. The highest BCUT2D eigenvalue weighted by molar-refractivity contribution is 5.84.